The Labute approximate surface area is 78.7 Å². The standard InChI is InChI=1S/C10H16N2O/c1-9(2)8-12-10(4-3-7-13)5-6-11-12/h3-6,9,13H,7-8H2,1-2H3/b4-3+. The first kappa shape index (κ1) is 9.99. The molecule has 0 saturated heterocycles. The average molecular weight is 180 g/mol. The lowest BCUT2D eigenvalue weighted by atomic mass is 10.2. The van der Waals surface area contributed by atoms with Gasteiger partial charge in [-0.3, -0.25) is 4.68 Å². The normalized spacial score (nSPS) is 11.7. The molecule has 0 fully saturated rings. The highest BCUT2D eigenvalue weighted by molar-refractivity contribution is 5.44. The second-order valence-corrected chi connectivity index (χ2v) is 3.42. The molecule has 0 amide bonds. The van der Waals surface area contributed by atoms with E-state index in [4.69, 9.17) is 5.11 Å². The van der Waals surface area contributed by atoms with Crippen LogP contribution in [0.1, 0.15) is 19.5 Å². The maximum Gasteiger partial charge on any atom is 0.0616 e. The molecule has 0 aliphatic rings. The van der Waals surface area contributed by atoms with Crippen LogP contribution in [0.25, 0.3) is 6.08 Å². The first-order valence-electron chi connectivity index (χ1n) is 4.53. The number of aliphatic hydroxyl groups is 1. The van der Waals surface area contributed by atoms with Crippen molar-refractivity contribution in [1.82, 2.24) is 9.78 Å². The minimum atomic E-state index is 0.0762. The van der Waals surface area contributed by atoms with E-state index >= 15 is 0 Å². The summed E-state index contributed by atoms with van der Waals surface area (Å²) in [5.74, 6) is 0.584. The van der Waals surface area contributed by atoms with Crippen LogP contribution >= 0.6 is 0 Å². The molecule has 3 nitrogen and oxygen atoms in total. The number of aliphatic hydroxyl groups excluding tert-OH is 1. The van der Waals surface area contributed by atoms with Crippen molar-refractivity contribution in [3.05, 3.63) is 24.0 Å². The molecule has 0 aliphatic carbocycles. The highest BCUT2D eigenvalue weighted by atomic mass is 16.2. The van der Waals surface area contributed by atoms with E-state index < -0.39 is 0 Å². The van der Waals surface area contributed by atoms with Crippen molar-refractivity contribution in [2.45, 2.75) is 20.4 Å². The van der Waals surface area contributed by atoms with Gasteiger partial charge in [-0.25, -0.2) is 0 Å². The van der Waals surface area contributed by atoms with Crippen LogP contribution in [0.4, 0.5) is 0 Å². The number of hydrogen-bond acceptors (Lipinski definition) is 2. The van der Waals surface area contributed by atoms with Crippen LogP contribution in [0.3, 0.4) is 0 Å². The zero-order chi connectivity index (χ0) is 9.68. The van der Waals surface area contributed by atoms with E-state index in [-0.39, 0.29) is 6.61 Å². The molecule has 1 rings (SSSR count). The maximum atomic E-state index is 8.62. The van der Waals surface area contributed by atoms with E-state index in [2.05, 4.69) is 18.9 Å². The highest BCUT2D eigenvalue weighted by Gasteiger charge is 2.00. The van der Waals surface area contributed by atoms with Crippen molar-refractivity contribution in [3.63, 3.8) is 0 Å². The van der Waals surface area contributed by atoms with Crippen molar-refractivity contribution in [2.75, 3.05) is 6.61 Å². The summed E-state index contributed by atoms with van der Waals surface area (Å²) in [6, 6.07) is 1.94. The lowest BCUT2D eigenvalue weighted by molar-refractivity contribution is 0.343. The third-order valence-corrected chi connectivity index (χ3v) is 1.68. The summed E-state index contributed by atoms with van der Waals surface area (Å²) in [5.41, 5.74) is 1.04. The average Bonchev–Trinajstić information content (AvgIpc) is 2.48. The summed E-state index contributed by atoms with van der Waals surface area (Å²) in [6.45, 7) is 5.30. The van der Waals surface area contributed by atoms with Crippen LogP contribution in [0.15, 0.2) is 18.3 Å². The van der Waals surface area contributed by atoms with Crippen molar-refractivity contribution < 1.29 is 5.11 Å². The van der Waals surface area contributed by atoms with Gasteiger partial charge in [-0.15, -0.1) is 0 Å². The van der Waals surface area contributed by atoms with Gasteiger partial charge in [0.2, 0.25) is 0 Å². The van der Waals surface area contributed by atoms with Gasteiger partial charge in [0, 0.05) is 12.7 Å². The molecule has 3 heteroatoms. The summed E-state index contributed by atoms with van der Waals surface area (Å²) in [5, 5.41) is 12.8. The third kappa shape index (κ3) is 3.03. The number of aromatic nitrogens is 2. The van der Waals surface area contributed by atoms with E-state index in [1.54, 1.807) is 12.3 Å². The van der Waals surface area contributed by atoms with Gasteiger partial charge >= 0.3 is 0 Å². The molecular weight excluding hydrogens is 164 g/mol. The zero-order valence-corrected chi connectivity index (χ0v) is 8.14. The molecule has 0 aromatic carbocycles. The van der Waals surface area contributed by atoms with E-state index in [1.165, 1.54) is 0 Å². The fraction of sp³-hybridized carbons (Fsp3) is 0.500. The summed E-state index contributed by atoms with van der Waals surface area (Å²) in [6.07, 6.45) is 5.38. The lowest BCUT2D eigenvalue weighted by Crippen LogP contribution is -2.07. The zero-order valence-electron chi connectivity index (χ0n) is 8.14. The Morgan fingerprint density at radius 1 is 1.62 bits per heavy atom. The predicted molar refractivity (Wildman–Crippen MR) is 53.2 cm³/mol. The smallest absolute Gasteiger partial charge is 0.0616 e. The molecule has 72 valence electrons. The minimum Gasteiger partial charge on any atom is -0.392 e. The Morgan fingerprint density at radius 3 is 3.00 bits per heavy atom. The molecule has 1 N–H and O–H groups in total. The summed E-state index contributed by atoms with van der Waals surface area (Å²) < 4.78 is 1.94. The molecule has 1 aromatic heterocycles. The molecule has 0 saturated carbocycles. The van der Waals surface area contributed by atoms with Gasteiger partial charge in [0.05, 0.1) is 12.3 Å². The molecule has 0 unspecified atom stereocenters. The van der Waals surface area contributed by atoms with Gasteiger partial charge in [0.15, 0.2) is 0 Å². The Kier molecular flexibility index (Phi) is 3.71. The van der Waals surface area contributed by atoms with Crippen LogP contribution in [-0.4, -0.2) is 21.5 Å². The van der Waals surface area contributed by atoms with Crippen LogP contribution in [0.5, 0.6) is 0 Å². The Balaban J connectivity index is 2.71. The number of rotatable bonds is 4. The van der Waals surface area contributed by atoms with Crippen molar-refractivity contribution in [1.29, 1.82) is 0 Å². The SMILES string of the molecule is CC(C)Cn1nccc1/C=C/CO. The topological polar surface area (TPSA) is 38.0 Å². The van der Waals surface area contributed by atoms with Crippen molar-refractivity contribution >= 4 is 6.08 Å². The second kappa shape index (κ2) is 4.82. The molecule has 1 aromatic rings. The first-order valence-corrected chi connectivity index (χ1v) is 4.53. The molecule has 0 aliphatic heterocycles. The minimum absolute atomic E-state index is 0.0762. The van der Waals surface area contributed by atoms with Gasteiger partial charge < -0.3 is 5.11 Å². The quantitative estimate of drug-likeness (QED) is 0.763. The van der Waals surface area contributed by atoms with Gasteiger partial charge in [0.1, 0.15) is 0 Å². The lowest BCUT2D eigenvalue weighted by Gasteiger charge is -2.06. The molecule has 0 spiro atoms. The molecule has 0 bridgehead atoms. The number of nitrogens with zero attached hydrogens (tertiary/aromatic N) is 2. The van der Waals surface area contributed by atoms with Gasteiger partial charge in [-0.1, -0.05) is 19.9 Å². The van der Waals surface area contributed by atoms with Crippen molar-refractivity contribution in [3.8, 4) is 0 Å². The van der Waals surface area contributed by atoms with Crippen LogP contribution in [0, 0.1) is 5.92 Å². The van der Waals surface area contributed by atoms with Gasteiger partial charge in [-0.2, -0.15) is 5.10 Å². The monoisotopic (exact) mass is 180 g/mol. The third-order valence-electron chi connectivity index (χ3n) is 1.68. The predicted octanol–water partition coefficient (Wildman–Crippen LogP) is 1.54. The Bertz CT molecular complexity index is 276. The Hall–Kier alpha value is -1.09. The summed E-state index contributed by atoms with van der Waals surface area (Å²) in [7, 11) is 0. The fourth-order valence-corrected chi connectivity index (χ4v) is 1.16. The molecule has 13 heavy (non-hydrogen) atoms. The molecule has 0 radical (unpaired) electrons. The molecule has 0 atom stereocenters. The van der Waals surface area contributed by atoms with E-state index in [0.29, 0.717) is 5.92 Å². The second-order valence-electron chi connectivity index (χ2n) is 3.42. The van der Waals surface area contributed by atoms with Crippen LogP contribution < -0.4 is 0 Å². The van der Waals surface area contributed by atoms with Gasteiger partial charge in [-0.05, 0) is 18.1 Å². The maximum absolute atomic E-state index is 8.62. The van der Waals surface area contributed by atoms with Crippen LogP contribution in [-0.2, 0) is 6.54 Å². The van der Waals surface area contributed by atoms with E-state index in [9.17, 15) is 0 Å². The van der Waals surface area contributed by atoms with E-state index in [0.717, 1.165) is 12.2 Å². The Morgan fingerprint density at radius 2 is 2.38 bits per heavy atom. The largest absolute Gasteiger partial charge is 0.392 e. The fourth-order valence-electron chi connectivity index (χ4n) is 1.16. The molecule has 1 heterocycles. The highest BCUT2D eigenvalue weighted by Crippen LogP contribution is 2.05. The van der Waals surface area contributed by atoms with Gasteiger partial charge in [0.25, 0.3) is 0 Å². The summed E-state index contributed by atoms with van der Waals surface area (Å²) >= 11 is 0. The van der Waals surface area contributed by atoms with Crippen LogP contribution in [0.2, 0.25) is 0 Å². The molecular formula is C10H16N2O. The van der Waals surface area contributed by atoms with E-state index in [1.807, 2.05) is 16.8 Å². The first-order chi connectivity index (χ1) is 6.24. The number of hydrogen-bond donors (Lipinski definition) is 1. The van der Waals surface area contributed by atoms with Crippen molar-refractivity contribution in [2.24, 2.45) is 5.92 Å². The summed E-state index contributed by atoms with van der Waals surface area (Å²) in [4.78, 5) is 0.